The summed E-state index contributed by atoms with van der Waals surface area (Å²) in [6.07, 6.45) is 10.2. The van der Waals surface area contributed by atoms with Gasteiger partial charge in [0, 0.05) is 86.9 Å². The van der Waals surface area contributed by atoms with Crippen molar-refractivity contribution in [1.29, 1.82) is 0 Å². The fourth-order valence-corrected chi connectivity index (χ4v) is 6.48. The van der Waals surface area contributed by atoms with Gasteiger partial charge in [0.05, 0.1) is 18.3 Å². The molecule has 1 aliphatic heterocycles. The number of aromatic nitrogens is 3. The summed E-state index contributed by atoms with van der Waals surface area (Å²) in [6, 6.07) is 18.9. The molecule has 0 unspecified atom stereocenters. The Labute approximate surface area is 231 Å². The molecule has 3 heterocycles. The Hall–Kier alpha value is -3.00. The minimum Gasteiger partial charge on any atom is -0.385 e. The maximum absolute atomic E-state index is 14.2. The van der Waals surface area contributed by atoms with Crippen molar-refractivity contribution in [3.05, 3.63) is 78.4 Å². The molecule has 0 spiro atoms. The first kappa shape index (κ1) is 26.2. The Morgan fingerprint density at radius 3 is 2.49 bits per heavy atom. The molecule has 206 valence electrons. The van der Waals surface area contributed by atoms with Gasteiger partial charge in [-0.05, 0) is 62.4 Å². The van der Waals surface area contributed by atoms with E-state index >= 15 is 0 Å². The normalized spacial score (nSPS) is 21.1. The standard InChI is InChI=1S/C32H40FN5O/c1-39-22-4-15-35-18-20-36(21-19-35)28-8-10-29(11-9-28)38-17-14-31(34-38)25-7-12-32-26(23-25)13-16-37(32)24-27-5-2-3-6-30(27)33/h2-3,5-7,12-14,16-17,23,28-29H,4,8-11,15,18-22,24H2,1H3. The molecule has 6 rings (SSSR count). The van der Waals surface area contributed by atoms with Gasteiger partial charge >= 0.3 is 0 Å². The lowest BCUT2D eigenvalue weighted by molar-refractivity contribution is 0.0659. The minimum absolute atomic E-state index is 0.160. The van der Waals surface area contributed by atoms with Crippen LogP contribution in [0.4, 0.5) is 4.39 Å². The van der Waals surface area contributed by atoms with Crippen LogP contribution < -0.4 is 0 Å². The van der Waals surface area contributed by atoms with Crippen molar-refractivity contribution in [3.63, 3.8) is 0 Å². The maximum Gasteiger partial charge on any atom is 0.128 e. The Kier molecular flexibility index (Phi) is 8.09. The quantitative estimate of drug-likeness (QED) is 0.256. The largest absolute Gasteiger partial charge is 0.385 e. The van der Waals surface area contributed by atoms with Crippen molar-refractivity contribution in [2.24, 2.45) is 0 Å². The molecule has 1 aliphatic carbocycles. The van der Waals surface area contributed by atoms with Crippen LogP contribution in [0.3, 0.4) is 0 Å². The zero-order chi connectivity index (χ0) is 26.6. The number of piperazine rings is 1. The molecule has 0 radical (unpaired) electrons. The van der Waals surface area contributed by atoms with Gasteiger partial charge < -0.3 is 14.2 Å². The molecular weight excluding hydrogens is 489 g/mol. The van der Waals surface area contributed by atoms with Crippen LogP contribution >= 0.6 is 0 Å². The third kappa shape index (κ3) is 5.96. The molecule has 4 aromatic rings. The van der Waals surface area contributed by atoms with E-state index in [-0.39, 0.29) is 5.82 Å². The van der Waals surface area contributed by atoms with Crippen LogP contribution in [0.15, 0.2) is 67.0 Å². The number of hydrogen-bond donors (Lipinski definition) is 0. The van der Waals surface area contributed by atoms with Crippen molar-refractivity contribution in [1.82, 2.24) is 24.1 Å². The summed E-state index contributed by atoms with van der Waals surface area (Å²) >= 11 is 0. The van der Waals surface area contributed by atoms with E-state index in [1.165, 1.54) is 57.9 Å². The molecule has 0 amide bonds. The molecule has 2 fully saturated rings. The average molecular weight is 530 g/mol. The molecule has 6 nitrogen and oxygen atoms in total. The van der Waals surface area contributed by atoms with E-state index in [4.69, 9.17) is 9.84 Å². The predicted molar refractivity (Wildman–Crippen MR) is 154 cm³/mol. The second kappa shape index (κ2) is 12.0. The highest BCUT2D eigenvalue weighted by molar-refractivity contribution is 5.85. The molecule has 2 aliphatic rings. The van der Waals surface area contributed by atoms with E-state index in [2.05, 4.69) is 55.6 Å². The van der Waals surface area contributed by atoms with Crippen molar-refractivity contribution in [2.45, 2.75) is 50.7 Å². The summed E-state index contributed by atoms with van der Waals surface area (Å²) in [5.74, 6) is -0.160. The van der Waals surface area contributed by atoms with Crippen molar-refractivity contribution >= 4 is 10.9 Å². The van der Waals surface area contributed by atoms with Crippen LogP contribution in [-0.4, -0.2) is 76.6 Å². The van der Waals surface area contributed by atoms with Gasteiger partial charge in [0.25, 0.3) is 0 Å². The third-order valence-corrected chi connectivity index (χ3v) is 8.76. The van der Waals surface area contributed by atoms with Crippen LogP contribution in [0.2, 0.25) is 0 Å². The van der Waals surface area contributed by atoms with Crippen molar-refractivity contribution < 1.29 is 9.13 Å². The second-order valence-electron chi connectivity index (χ2n) is 11.2. The number of methoxy groups -OCH3 is 1. The van der Waals surface area contributed by atoms with Gasteiger partial charge in [0.15, 0.2) is 0 Å². The van der Waals surface area contributed by atoms with Gasteiger partial charge in [-0.1, -0.05) is 24.3 Å². The molecule has 0 bridgehead atoms. The minimum atomic E-state index is -0.160. The number of benzene rings is 2. The van der Waals surface area contributed by atoms with Crippen LogP contribution in [0.5, 0.6) is 0 Å². The lowest BCUT2D eigenvalue weighted by Crippen LogP contribution is -2.51. The number of fused-ring (bicyclic) bond motifs is 1. The molecular formula is C32H40FN5O. The van der Waals surface area contributed by atoms with Gasteiger partial charge in [-0.15, -0.1) is 0 Å². The summed E-state index contributed by atoms with van der Waals surface area (Å²) in [5, 5.41) is 6.16. The number of nitrogens with zero attached hydrogens (tertiary/aromatic N) is 5. The van der Waals surface area contributed by atoms with Crippen LogP contribution in [0.25, 0.3) is 22.2 Å². The third-order valence-electron chi connectivity index (χ3n) is 8.76. The summed E-state index contributed by atoms with van der Waals surface area (Å²) in [7, 11) is 1.79. The van der Waals surface area contributed by atoms with Gasteiger partial charge in [0.2, 0.25) is 0 Å². The molecule has 1 saturated heterocycles. The first-order chi connectivity index (χ1) is 19.2. The van der Waals surface area contributed by atoms with Gasteiger partial charge in [-0.2, -0.15) is 5.10 Å². The van der Waals surface area contributed by atoms with Gasteiger partial charge in [0.1, 0.15) is 5.82 Å². The number of ether oxygens (including phenoxy) is 1. The monoisotopic (exact) mass is 529 g/mol. The molecule has 0 N–H and O–H groups in total. The van der Waals surface area contributed by atoms with Crippen molar-refractivity contribution in [3.8, 4) is 11.3 Å². The zero-order valence-corrected chi connectivity index (χ0v) is 23.0. The van der Waals surface area contributed by atoms with Crippen LogP contribution in [0.1, 0.15) is 43.7 Å². The Bertz CT molecular complexity index is 1360. The topological polar surface area (TPSA) is 38.5 Å². The summed E-state index contributed by atoms with van der Waals surface area (Å²) < 4.78 is 23.7. The highest BCUT2D eigenvalue weighted by atomic mass is 19.1. The van der Waals surface area contributed by atoms with E-state index in [1.807, 2.05) is 18.3 Å². The van der Waals surface area contributed by atoms with Crippen LogP contribution in [-0.2, 0) is 11.3 Å². The number of rotatable bonds is 9. The van der Waals surface area contributed by atoms with Gasteiger partial charge in [-0.3, -0.25) is 9.58 Å². The summed E-state index contributed by atoms with van der Waals surface area (Å²) in [5.41, 5.74) is 3.95. The summed E-state index contributed by atoms with van der Waals surface area (Å²) in [4.78, 5) is 5.31. The average Bonchev–Trinajstić information content (AvgIpc) is 3.63. The maximum atomic E-state index is 14.2. The molecule has 39 heavy (non-hydrogen) atoms. The lowest BCUT2D eigenvalue weighted by Gasteiger charge is -2.42. The van der Waals surface area contributed by atoms with Crippen LogP contribution in [0, 0.1) is 5.82 Å². The Balaban J connectivity index is 1.04. The number of hydrogen-bond acceptors (Lipinski definition) is 4. The molecule has 2 aromatic heterocycles. The zero-order valence-electron chi connectivity index (χ0n) is 23.0. The van der Waals surface area contributed by atoms with E-state index in [0.717, 1.165) is 41.7 Å². The van der Waals surface area contributed by atoms with E-state index in [1.54, 1.807) is 13.2 Å². The molecule has 1 saturated carbocycles. The summed E-state index contributed by atoms with van der Waals surface area (Å²) in [6.45, 7) is 7.29. The van der Waals surface area contributed by atoms with E-state index < -0.39 is 0 Å². The fourth-order valence-electron chi connectivity index (χ4n) is 6.48. The lowest BCUT2D eigenvalue weighted by atomic mass is 9.90. The van der Waals surface area contributed by atoms with E-state index in [9.17, 15) is 4.39 Å². The first-order valence-electron chi connectivity index (χ1n) is 14.5. The second-order valence-corrected chi connectivity index (χ2v) is 11.2. The fraction of sp³-hybridized carbons (Fsp3) is 0.469. The van der Waals surface area contributed by atoms with Crippen molar-refractivity contribution in [2.75, 3.05) is 46.4 Å². The molecule has 0 atom stereocenters. The highest BCUT2D eigenvalue weighted by Crippen LogP contribution is 2.32. The van der Waals surface area contributed by atoms with Gasteiger partial charge in [-0.25, -0.2) is 4.39 Å². The smallest absolute Gasteiger partial charge is 0.128 e. The highest BCUT2D eigenvalue weighted by Gasteiger charge is 2.29. The first-order valence-corrected chi connectivity index (χ1v) is 14.5. The number of halogens is 1. The molecule has 2 aromatic carbocycles. The Morgan fingerprint density at radius 1 is 0.897 bits per heavy atom. The predicted octanol–water partition coefficient (Wildman–Crippen LogP) is 5.83. The Morgan fingerprint density at radius 2 is 1.69 bits per heavy atom. The SMILES string of the molecule is COCCCN1CCN(C2CCC(n3ccc(-c4ccc5c(ccn5Cc5ccccc5F)c4)n3)CC2)CC1. The molecule has 7 heteroatoms. The van der Waals surface area contributed by atoms with E-state index in [0.29, 0.717) is 24.2 Å².